The van der Waals surface area contributed by atoms with Gasteiger partial charge >= 0.3 is 0 Å². The molecular formula is C12H17Cl2N3O. The monoisotopic (exact) mass is 289 g/mol. The van der Waals surface area contributed by atoms with Gasteiger partial charge in [0.1, 0.15) is 5.15 Å². The molecular weight excluding hydrogens is 273 g/mol. The first kappa shape index (κ1) is 15.2. The minimum Gasteiger partial charge on any atom is -0.355 e. The van der Waals surface area contributed by atoms with Crippen LogP contribution in [0.25, 0.3) is 0 Å². The van der Waals surface area contributed by atoms with Gasteiger partial charge in [-0.1, -0.05) is 30.1 Å². The number of rotatable bonds is 6. The summed E-state index contributed by atoms with van der Waals surface area (Å²) < 4.78 is 0. The normalized spacial score (nSPS) is 10.7. The molecule has 0 unspecified atom stereocenters. The minimum absolute atomic E-state index is 0.00231. The average molecular weight is 290 g/mol. The molecule has 18 heavy (non-hydrogen) atoms. The Hall–Kier alpha value is -0.840. The van der Waals surface area contributed by atoms with Crippen LogP contribution in [0.1, 0.15) is 19.5 Å². The van der Waals surface area contributed by atoms with Gasteiger partial charge in [0.25, 0.3) is 0 Å². The van der Waals surface area contributed by atoms with E-state index in [9.17, 15) is 4.79 Å². The smallest absolute Gasteiger partial charge is 0.234 e. The summed E-state index contributed by atoms with van der Waals surface area (Å²) >= 11 is 11.9. The fourth-order valence-electron chi connectivity index (χ4n) is 1.52. The van der Waals surface area contributed by atoms with E-state index in [1.165, 1.54) is 0 Å². The van der Waals surface area contributed by atoms with E-state index < -0.39 is 0 Å². The summed E-state index contributed by atoms with van der Waals surface area (Å²) in [5, 5.41) is 3.73. The van der Waals surface area contributed by atoms with E-state index in [1.54, 1.807) is 12.1 Å². The number of hydrogen-bond donors (Lipinski definition) is 1. The van der Waals surface area contributed by atoms with Crippen LogP contribution in [0.2, 0.25) is 10.2 Å². The Morgan fingerprint density at radius 2 is 2.11 bits per heavy atom. The highest BCUT2D eigenvalue weighted by molar-refractivity contribution is 6.32. The Morgan fingerprint density at radius 3 is 2.72 bits per heavy atom. The van der Waals surface area contributed by atoms with Crippen molar-refractivity contribution in [1.29, 1.82) is 0 Å². The fraction of sp³-hybridized carbons (Fsp3) is 0.500. The lowest BCUT2D eigenvalue weighted by Gasteiger charge is -2.19. The average Bonchev–Trinajstić information content (AvgIpc) is 2.33. The van der Waals surface area contributed by atoms with Gasteiger partial charge in [-0.05, 0) is 25.6 Å². The number of nitrogens with one attached hydrogen (secondary N) is 1. The van der Waals surface area contributed by atoms with E-state index in [0.29, 0.717) is 35.5 Å². The summed E-state index contributed by atoms with van der Waals surface area (Å²) in [6.07, 6.45) is 0. The Bertz CT molecular complexity index is 412. The number of aromatic nitrogens is 1. The Morgan fingerprint density at radius 1 is 1.39 bits per heavy atom. The van der Waals surface area contributed by atoms with Crippen LogP contribution in [0.4, 0.5) is 0 Å². The number of carbonyl (C=O) groups is 1. The largest absolute Gasteiger partial charge is 0.355 e. The lowest BCUT2D eigenvalue weighted by atomic mass is 10.3. The van der Waals surface area contributed by atoms with Gasteiger partial charge in [0, 0.05) is 13.1 Å². The highest BCUT2D eigenvalue weighted by Gasteiger charge is 2.12. The number of nitrogens with zero attached hydrogens (tertiary/aromatic N) is 2. The van der Waals surface area contributed by atoms with Crippen molar-refractivity contribution in [2.24, 2.45) is 0 Å². The summed E-state index contributed by atoms with van der Waals surface area (Å²) in [6.45, 7) is 6.08. The van der Waals surface area contributed by atoms with E-state index in [4.69, 9.17) is 23.2 Å². The van der Waals surface area contributed by atoms with Crippen LogP contribution in [0.5, 0.6) is 0 Å². The third kappa shape index (κ3) is 4.80. The topological polar surface area (TPSA) is 45.2 Å². The molecule has 0 fully saturated rings. The second kappa shape index (κ2) is 7.56. The SMILES string of the molecule is CCNC(=O)CN(CC)Cc1nc(Cl)ccc1Cl. The van der Waals surface area contributed by atoms with E-state index in [0.717, 1.165) is 6.54 Å². The van der Waals surface area contributed by atoms with Crippen LogP contribution in [0.15, 0.2) is 12.1 Å². The maximum Gasteiger partial charge on any atom is 0.234 e. The zero-order valence-corrected chi connectivity index (χ0v) is 12.1. The lowest BCUT2D eigenvalue weighted by molar-refractivity contribution is -0.122. The molecule has 1 rings (SSSR count). The van der Waals surface area contributed by atoms with Crippen molar-refractivity contribution in [3.05, 3.63) is 28.0 Å². The highest BCUT2D eigenvalue weighted by atomic mass is 35.5. The van der Waals surface area contributed by atoms with Crippen molar-refractivity contribution in [1.82, 2.24) is 15.2 Å². The number of carbonyl (C=O) groups excluding carboxylic acids is 1. The van der Waals surface area contributed by atoms with Gasteiger partial charge in [-0.3, -0.25) is 9.69 Å². The molecule has 1 aromatic rings. The molecule has 1 N–H and O–H groups in total. The van der Waals surface area contributed by atoms with Gasteiger partial charge in [0.2, 0.25) is 5.91 Å². The molecule has 0 atom stereocenters. The number of likely N-dealkylation sites (N-methyl/N-ethyl adjacent to an activating group) is 2. The number of amides is 1. The molecule has 0 radical (unpaired) electrons. The van der Waals surface area contributed by atoms with E-state index in [1.807, 2.05) is 18.7 Å². The summed E-state index contributed by atoms with van der Waals surface area (Å²) in [4.78, 5) is 17.6. The summed E-state index contributed by atoms with van der Waals surface area (Å²) in [5.74, 6) is -0.00231. The van der Waals surface area contributed by atoms with Crippen molar-refractivity contribution < 1.29 is 4.79 Å². The predicted octanol–water partition coefficient (Wildman–Crippen LogP) is 2.35. The number of pyridine rings is 1. The molecule has 0 aliphatic heterocycles. The van der Waals surface area contributed by atoms with Crippen LogP contribution in [0, 0.1) is 0 Å². The second-order valence-corrected chi connectivity index (χ2v) is 4.61. The maximum absolute atomic E-state index is 11.5. The first-order valence-electron chi connectivity index (χ1n) is 5.86. The first-order valence-corrected chi connectivity index (χ1v) is 6.62. The fourth-order valence-corrected chi connectivity index (χ4v) is 1.85. The van der Waals surface area contributed by atoms with Crippen LogP contribution < -0.4 is 5.32 Å². The molecule has 0 aromatic carbocycles. The molecule has 0 spiro atoms. The third-order valence-corrected chi connectivity index (χ3v) is 3.00. The Labute approximate surface area is 117 Å². The standard InChI is InChI=1S/C12H17Cl2N3O/c1-3-15-12(18)8-17(4-2)7-10-9(13)5-6-11(14)16-10/h5-6H,3-4,7-8H2,1-2H3,(H,15,18). The van der Waals surface area contributed by atoms with Gasteiger partial charge in [-0.2, -0.15) is 0 Å². The Kier molecular flexibility index (Phi) is 6.39. The van der Waals surface area contributed by atoms with E-state index in [-0.39, 0.29) is 5.91 Å². The van der Waals surface area contributed by atoms with Crippen molar-refractivity contribution in [3.8, 4) is 0 Å². The van der Waals surface area contributed by atoms with E-state index in [2.05, 4.69) is 10.3 Å². The second-order valence-electron chi connectivity index (χ2n) is 3.82. The van der Waals surface area contributed by atoms with Gasteiger partial charge in [0.05, 0.1) is 17.3 Å². The van der Waals surface area contributed by atoms with Crippen molar-refractivity contribution in [2.45, 2.75) is 20.4 Å². The van der Waals surface area contributed by atoms with Crippen molar-refractivity contribution in [2.75, 3.05) is 19.6 Å². The quantitative estimate of drug-likeness (QED) is 0.818. The predicted molar refractivity (Wildman–Crippen MR) is 73.9 cm³/mol. The molecule has 1 amide bonds. The van der Waals surface area contributed by atoms with Crippen molar-refractivity contribution >= 4 is 29.1 Å². The van der Waals surface area contributed by atoms with Gasteiger partial charge < -0.3 is 5.32 Å². The van der Waals surface area contributed by atoms with Gasteiger partial charge in [-0.25, -0.2) is 4.98 Å². The lowest BCUT2D eigenvalue weighted by Crippen LogP contribution is -2.36. The molecule has 0 aliphatic carbocycles. The molecule has 0 bridgehead atoms. The zero-order valence-electron chi connectivity index (χ0n) is 10.5. The summed E-state index contributed by atoms with van der Waals surface area (Å²) in [6, 6.07) is 3.36. The third-order valence-electron chi connectivity index (χ3n) is 2.45. The van der Waals surface area contributed by atoms with E-state index >= 15 is 0 Å². The summed E-state index contributed by atoms with van der Waals surface area (Å²) in [5.41, 5.74) is 0.690. The van der Waals surface area contributed by atoms with Gasteiger partial charge in [0.15, 0.2) is 0 Å². The Balaban J connectivity index is 2.67. The van der Waals surface area contributed by atoms with Crippen LogP contribution in [0.3, 0.4) is 0 Å². The number of halogens is 2. The van der Waals surface area contributed by atoms with Crippen LogP contribution in [-0.4, -0.2) is 35.4 Å². The molecule has 4 nitrogen and oxygen atoms in total. The van der Waals surface area contributed by atoms with Crippen molar-refractivity contribution in [3.63, 3.8) is 0 Å². The van der Waals surface area contributed by atoms with Crippen LogP contribution >= 0.6 is 23.2 Å². The molecule has 1 heterocycles. The first-order chi connectivity index (χ1) is 8.56. The molecule has 0 aliphatic rings. The molecule has 1 aromatic heterocycles. The molecule has 0 saturated carbocycles. The minimum atomic E-state index is -0.00231. The molecule has 100 valence electrons. The molecule has 6 heteroatoms. The maximum atomic E-state index is 11.5. The van der Waals surface area contributed by atoms with Gasteiger partial charge in [-0.15, -0.1) is 0 Å². The zero-order chi connectivity index (χ0) is 13.5. The molecule has 0 saturated heterocycles. The number of hydrogen-bond acceptors (Lipinski definition) is 3. The van der Waals surface area contributed by atoms with Crippen LogP contribution in [-0.2, 0) is 11.3 Å². The highest BCUT2D eigenvalue weighted by Crippen LogP contribution is 2.18. The summed E-state index contributed by atoms with van der Waals surface area (Å²) in [7, 11) is 0.